The number of nitrogens with zero attached hydrogens (tertiary/aromatic N) is 1. The van der Waals surface area contributed by atoms with Crippen LogP contribution in [0, 0.1) is 5.41 Å². The minimum absolute atomic E-state index is 0.133. The van der Waals surface area contributed by atoms with E-state index in [0.29, 0.717) is 0 Å². The highest BCUT2D eigenvalue weighted by Crippen LogP contribution is 2.65. The van der Waals surface area contributed by atoms with Crippen molar-refractivity contribution in [3.63, 3.8) is 0 Å². The van der Waals surface area contributed by atoms with Gasteiger partial charge in [0, 0.05) is 30.2 Å². The third kappa shape index (κ3) is 0.978. The predicted octanol–water partition coefficient (Wildman–Crippen LogP) is 0.811. The molecule has 12 heavy (non-hydrogen) atoms. The lowest BCUT2D eigenvalue weighted by atomic mass is 10.00. The molecule has 1 saturated heterocycles. The highest BCUT2D eigenvalue weighted by molar-refractivity contribution is 8.11. The van der Waals surface area contributed by atoms with Crippen molar-refractivity contribution in [3.05, 3.63) is 0 Å². The molecule has 0 unspecified atom stereocenters. The number of hydrogen-bond acceptors (Lipinski definition) is 2. The highest BCUT2D eigenvalue weighted by Gasteiger charge is 2.77. The Labute approximate surface area is 72.8 Å². The molecule has 0 aromatic heterocycles. The van der Waals surface area contributed by atoms with Crippen molar-refractivity contribution in [3.8, 4) is 0 Å². The molecular formula is C5H6ClF2NO2S. The zero-order chi connectivity index (χ0) is 9.20. The average Bonchev–Trinajstić information content (AvgIpc) is 2.27. The van der Waals surface area contributed by atoms with Crippen LogP contribution in [-0.4, -0.2) is 31.7 Å². The standard InChI is InChI=1S/C5H6ClF2NO2S/c6-12(10,11)9-2-4(3-9)1-5(4,7)8/h1-3H2. The van der Waals surface area contributed by atoms with Gasteiger partial charge in [-0.05, 0) is 0 Å². The van der Waals surface area contributed by atoms with Gasteiger partial charge in [-0.15, -0.1) is 0 Å². The molecule has 1 heterocycles. The average molecular weight is 218 g/mol. The normalized spacial score (nSPS) is 31.6. The first-order chi connectivity index (χ1) is 5.27. The van der Waals surface area contributed by atoms with Gasteiger partial charge >= 0.3 is 0 Å². The molecule has 1 aliphatic carbocycles. The van der Waals surface area contributed by atoms with E-state index >= 15 is 0 Å². The molecule has 7 heteroatoms. The van der Waals surface area contributed by atoms with Crippen molar-refractivity contribution in [2.24, 2.45) is 5.41 Å². The van der Waals surface area contributed by atoms with E-state index in [1.807, 2.05) is 0 Å². The molecule has 1 spiro atoms. The first-order valence-corrected chi connectivity index (χ1v) is 5.61. The molecule has 0 bridgehead atoms. The molecular weight excluding hydrogens is 212 g/mol. The van der Waals surface area contributed by atoms with E-state index in [0.717, 1.165) is 4.31 Å². The van der Waals surface area contributed by atoms with Gasteiger partial charge in [0.25, 0.3) is 15.2 Å². The summed E-state index contributed by atoms with van der Waals surface area (Å²) in [5, 5.41) is 0. The van der Waals surface area contributed by atoms with E-state index in [4.69, 9.17) is 10.7 Å². The summed E-state index contributed by atoms with van der Waals surface area (Å²) in [4.78, 5) is 0. The van der Waals surface area contributed by atoms with Crippen LogP contribution in [0.2, 0.25) is 0 Å². The molecule has 1 saturated carbocycles. The lowest BCUT2D eigenvalue weighted by Gasteiger charge is -2.36. The smallest absolute Gasteiger partial charge is 0.206 e. The Morgan fingerprint density at radius 1 is 1.33 bits per heavy atom. The zero-order valence-corrected chi connectivity index (χ0v) is 7.50. The molecule has 70 valence electrons. The van der Waals surface area contributed by atoms with Gasteiger partial charge in [0.15, 0.2) is 0 Å². The maximum Gasteiger partial charge on any atom is 0.299 e. The van der Waals surface area contributed by atoms with Gasteiger partial charge in [-0.3, -0.25) is 0 Å². The maximum atomic E-state index is 12.5. The van der Waals surface area contributed by atoms with Crippen LogP contribution in [0.15, 0.2) is 0 Å². The van der Waals surface area contributed by atoms with Gasteiger partial charge in [-0.25, -0.2) is 8.78 Å². The van der Waals surface area contributed by atoms with E-state index in [1.165, 1.54) is 0 Å². The van der Waals surface area contributed by atoms with Crippen LogP contribution in [0.3, 0.4) is 0 Å². The first-order valence-electron chi connectivity index (χ1n) is 3.34. The Morgan fingerprint density at radius 3 is 2.00 bits per heavy atom. The summed E-state index contributed by atoms with van der Waals surface area (Å²) >= 11 is 0. The van der Waals surface area contributed by atoms with Crippen LogP contribution in [0.4, 0.5) is 8.78 Å². The Kier molecular flexibility index (Phi) is 1.39. The molecule has 0 atom stereocenters. The van der Waals surface area contributed by atoms with Crippen molar-refractivity contribution in [1.29, 1.82) is 0 Å². The van der Waals surface area contributed by atoms with Gasteiger partial charge in [-0.2, -0.15) is 12.7 Å². The van der Waals surface area contributed by atoms with Crippen molar-refractivity contribution in [2.45, 2.75) is 12.3 Å². The fourth-order valence-corrected chi connectivity index (χ4v) is 2.60. The molecule has 2 aliphatic rings. The molecule has 0 radical (unpaired) electrons. The SMILES string of the molecule is O=S(=O)(Cl)N1CC2(C1)CC2(F)F. The second kappa shape index (κ2) is 1.93. The quantitative estimate of drug-likeness (QED) is 0.610. The third-order valence-corrected chi connectivity index (χ3v) is 3.94. The van der Waals surface area contributed by atoms with Crippen LogP contribution in [0.5, 0.6) is 0 Å². The van der Waals surface area contributed by atoms with Crippen LogP contribution < -0.4 is 0 Å². The summed E-state index contributed by atoms with van der Waals surface area (Å²) < 4.78 is 47.1. The molecule has 0 amide bonds. The summed E-state index contributed by atoms with van der Waals surface area (Å²) in [6.07, 6.45) is -0.205. The van der Waals surface area contributed by atoms with Crippen LogP contribution in [0.25, 0.3) is 0 Å². The van der Waals surface area contributed by atoms with Crippen molar-refractivity contribution >= 4 is 19.9 Å². The summed E-state index contributed by atoms with van der Waals surface area (Å²) in [5.41, 5.74) is -1.07. The Bertz CT molecular complexity index is 322. The molecule has 2 fully saturated rings. The van der Waals surface area contributed by atoms with Gasteiger partial charge < -0.3 is 0 Å². The van der Waals surface area contributed by atoms with Crippen LogP contribution in [0.1, 0.15) is 6.42 Å². The first kappa shape index (κ1) is 8.65. The minimum atomic E-state index is -3.78. The summed E-state index contributed by atoms with van der Waals surface area (Å²) in [7, 11) is 1.16. The largest absolute Gasteiger partial charge is 0.299 e. The van der Waals surface area contributed by atoms with Gasteiger partial charge in [0.1, 0.15) is 0 Å². The number of alkyl halides is 2. The summed E-state index contributed by atoms with van der Waals surface area (Å²) in [6.45, 7) is -0.266. The lowest BCUT2D eigenvalue weighted by Crippen LogP contribution is -2.52. The minimum Gasteiger partial charge on any atom is -0.206 e. The topological polar surface area (TPSA) is 37.4 Å². The number of hydrogen-bond donors (Lipinski definition) is 0. The molecule has 0 N–H and O–H groups in total. The van der Waals surface area contributed by atoms with Crippen LogP contribution >= 0.6 is 10.7 Å². The van der Waals surface area contributed by atoms with Crippen molar-refractivity contribution < 1.29 is 17.2 Å². The lowest BCUT2D eigenvalue weighted by molar-refractivity contribution is 0.0116. The Balaban J connectivity index is 2.03. The van der Waals surface area contributed by atoms with Crippen LogP contribution in [-0.2, 0) is 9.24 Å². The Morgan fingerprint density at radius 2 is 1.75 bits per heavy atom. The Hall–Kier alpha value is 0.0600. The number of halogens is 3. The van der Waals surface area contributed by atoms with Gasteiger partial charge in [-0.1, -0.05) is 0 Å². The third-order valence-electron chi connectivity index (χ3n) is 2.48. The van der Waals surface area contributed by atoms with E-state index in [1.54, 1.807) is 0 Å². The van der Waals surface area contributed by atoms with Gasteiger partial charge in [0.05, 0.1) is 5.41 Å². The zero-order valence-electron chi connectivity index (χ0n) is 5.93. The van der Waals surface area contributed by atoms with Crippen molar-refractivity contribution in [1.82, 2.24) is 4.31 Å². The number of rotatable bonds is 1. The molecule has 3 nitrogen and oxygen atoms in total. The summed E-state index contributed by atoms with van der Waals surface area (Å²) in [5.74, 6) is -2.68. The van der Waals surface area contributed by atoms with E-state index in [9.17, 15) is 17.2 Å². The van der Waals surface area contributed by atoms with E-state index in [-0.39, 0.29) is 19.5 Å². The molecule has 1 aliphatic heterocycles. The van der Waals surface area contributed by atoms with E-state index in [2.05, 4.69) is 0 Å². The predicted molar refractivity (Wildman–Crippen MR) is 38.3 cm³/mol. The second-order valence-electron chi connectivity index (χ2n) is 3.37. The second-order valence-corrected chi connectivity index (χ2v) is 5.88. The monoisotopic (exact) mass is 217 g/mol. The van der Waals surface area contributed by atoms with Crippen molar-refractivity contribution in [2.75, 3.05) is 13.1 Å². The highest BCUT2D eigenvalue weighted by atomic mass is 35.7. The molecule has 2 rings (SSSR count). The molecule has 0 aromatic carbocycles. The van der Waals surface area contributed by atoms with E-state index < -0.39 is 20.6 Å². The fourth-order valence-electron chi connectivity index (χ4n) is 1.51. The maximum absolute atomic E-state index is 12.5. The fraction of sp³-hybridized carbons (Fsp3) is 1.00. The molecule has 0 aromatic rings. The van der Waals surface area contributed by atoms with Gasteiger partial charge in [0.2, 0.25) is 0 Å². The summed E-state index contributed by atoms with van der Waals surface area (Å²) in [6, 6.07) is 0.